The Morgan fingerprint density at radius 3 is 2.38 bits per heavy atom. The minimum Gasteiger partial charge on any atom is -0.356 e. The second-order valence-electron chi connectivity index (χ2n) is 4.69. The summed E-state index contributed by atoms with van der Waals surface area (Å²) >= 11 is 0. The van der Waals surface area contributed by atoms with E-state index in [-0.39, 0.29) is 4.90 Å². The first-order valence-electron chi connectivity index (χ1n) is 4.82. The third-order valence-electron chi connectivity index (χ3n) is 1.75. The van der Waals surface area contributed by atoms with Gasteiger partial charge in [0.05, 0.1) is 0 Å². The number of aryl methyl sites for hydroxylation is 1. The Labute approximate surface area is 95.2 Å². The first kappa shape index (κ1) is 12.9. The molecule has 1 N–H and O–H groups in total. The zero-order chi connectivity index (χ0) is 12.6. The zero-order valence-electron chi connectivity index (χ0n) is 9.81. The fourth-order valence-electron chi connectivity index (χ4n) is 1.22. The Hall–Kier alpha value is -1.14. The molecule has 1 heterocycles. The molecule has 0 aliphatic rings. The monoisotopic (exact) mass is 244 g/mol. The predicted octanol–water partition coefficient (Wildman–Crippen LogP) is 0.462. The fourth-order valence-corrected chi connectivity index (χ4v) is 2.77. The van der Waals surface area contributed by atoms with E-state index in [1.54, 1.807) is 27.8 Å². The molecule has 0 saturated carbocycles. The fraction of sp³-hybridized carbons (Fsp3) is 0.500. The van der Waals surface area contributed by atoms with Gasteiger partial charge in [-0.05, 0) is 20.8 Å². The molecule has 0 atom stereocenters. The molecule has 1 rings (SSSR count). The Morgan fingerprint density at radius 2 is 1.88 bits per heavy atom. The van der Waals surface area contributed by atoms with Crippen molar-refractivity contribution in [2.24, 2.45) is 7.05 Å². The highest BCUT2D eigenvalue weighted by molar-refractivity contribution is 7.89. The molecule has 16 heavy (non-hydrogen) atoms. The molecule has 1 aromatic rings. The molecule has 0 saturated heterocycles. The van der Waals surface area contributed by atoms with E-state index >= 15 is 0 Å². The summed E-state index contributed by atoms with van der Waals surface area (Å²) in [7, 11) is -2.09. The summed E-state index contributed by atoms with van der Waals surface area (Å²) in [5.74, 6) is 0. The van der Waals surface area contributed by atoms with Crippen LogP contribution in [-0.4, -0.2) is 18.5 Å². The zero-order valence-corrected chi connectivity index (χ0v) is 10.6. The van der Waals surface area contributed by atoms with E-state index in [2.05, 4.69) is 4.72 Å². The number of rotatable bonds is 2. The standard InChI is InChI=1S/C10H16N2O3S/c1-10(2,3)11-16(14,15)9-7-12(4)6-5-8(9)13/h5-7,11H,1-4H3. The van der Waals surface area contributed by atoms with E-state index < -0.39 is 21.0 Å². The van der Waals surface area contributed by atoms with Crippen LogP contribution in [-0.2, 0) is 17.1 Å². The number of sulfonamides is 1. The number of nitrogens with one attached hydrogen (secondary N) is 1. The van der Waals surface area contributed by atoms with Crippen LogP contribution < -0.4 is 10.2 Å². The van der Waals surface area contributed by atoms with Gasteiger partial charge in [-0.1, -0.05) is 0 Å². The van der Waals surface area contributed by atoms with Gasteiger partial charge in [-0.2, -0.15) is 0 Å². The van der Waals surface area contributed by atoms with Gasteiger partial charge in [-0.3, -0.25) is 4.79 Å². The molecule has 0 radical (unpaired) electrons. The molecule has 5 nitrogen and oxygen atoms in total. The van der Waals surface area contributed by atoms with Gasteiger partial charge < -0.3 is 4.57 Å². The first-order valence-corrected chi connectivity index (χ1v) is 6.30. The van der Waals surface area contributed by atoms with E-state index in [4.69, 9.17) is 0 Å². The van der Waals surface area contributed by atoms with E-state index in [0.717, 1.165) is 0 Å². The van der Waals surface area contributed by atoms with Crippen molar-refractivity contribution in [1.82, 2.24) is 9.29 Å². The molecule has 0 aliphatic heterocycles. The maximum absolute atomic E-state index is 11.9. The van der Waals surface area contributed by atoms with Crippen LogP contribution in [0.15, 0.2) is 28.2 Å². The van der Waals surface area contributed by atoms with Crippen LogP contribution in [0.25, 0.3) is 0 Å². The number of hydrogen-bond acceptors (Lipinski definition) is 3. The van der Waals surface area contributed by atoms with Crippen molar-refractivity contribution in [3.63, 3.8) is 0 Å². The lowest BCUT2D eigenvalue weighted by atomic mass is 10.1. The Kier molecular flexibility index (Phi) is 3.25. The van der Waals surface area contributed by atoms with Crippen LogP contribution in [0.4, 0.5) is 0 Å². The van der Waals surface area contributed by atoms with E-state index in [1.807, 2.05) is 0 Å². The number of hydrogen-bond donors (Lipinski definition) is 1. The quantitative estimate of drug-likeness (QED) is 0.822. The van der Waals surface area contributed by atoms with Crippen LogP contribution >= 0.6 is 0 Å². The van der Waals surface area contributed by atoms with E-state index in [0.29, 0.717) is 0 Å². The van der Waals surface area contributed by atoms with E-state index in [9.17, 15) is 13.2 Å². The first-order chi connectivity index (χ1) is 7.12. The predicted molar refractivity (Wildman–Crippen MR) is 61.8 cm³/mol. The molecule has 1 aromatic heterocycles. The minimum atomic E-state index is -3.75. The van der Waals surface area contributed by atoms with Crippen molar-refractivity contribution in [3.8, 4) is 0 Å². The number of nitrogens with zero attached hydrogens (tertiary/aromatic N) is 1. The maximum Gasteiger partial charge on any atom is 0.246 e. The van der Waals surface area contributed by atoms with Crippen molar-refractivity contribution in [3.05, 3.63) is 28.7 Å². The van der Waals surface area contributed by atoms with Crippen molar-refractivity contribution in [2.45, 2.75) is 31.2 Å². The summed E-state index contributed by atoms with van der Waals surface area (Å²) in [5.41, 5.74) is -1.12. The number of pyridine rings is 1. The lowest BCUT2D eigenvalue weighted by Crippen LogP contribution is -2.42. The summed E-state index contributed by atoms with van der Waals surface area (Å²) in [5, 5.41) is 0. The molecule has 0 spiro atoms. The number of aromatic nitrogens is 1. The highest BCUT2D eigenvalue weighted by Gasteiger charge is 2.24. The topological polar surface area (TPSA) is 68.2 Å². The van der Waals surface area contributed by atoms with Gasteiger partial charge in [-0.15, -0.1) is 0 Å². The molecule has 0 fully saturated rings. The molecular weight excluding hydrogens is 228 g/mol. The van der Waals surface area contributed by atoms with E-state index in [1.165, 1.54) is 23.0 Å². The van der Waals surface area contributed by atoms with Crippen molar-refractivity contribution >= 4 is 10.0 Å². The van der Waals surface area contributed by atoms with Gasteiger partial charge >= 0.3 is 0 Å². The largest absolute Gasteiger partial charge is 0.356 e. The third-order valence-corrected chi connectivity index (χ3v) is 3.52. The van der Waals surface area contributed by atoms with Gasteiger partial charge in [0, 0.05) is 31.0 Å². The average Bonchev–Trinajstić information content (AvgIpc) is 2.04. The molecule has 90 valence electrons. The molecule has 0 aliphatic carbocycles. The molecule has 6 heteroatoms. The van der Waals surface area contributed by atoms with Gasteiger partial charge in [0.1, 0.15) is 4.90 Å². The normalized spacial score (nSPS) is 12.8. The average molecular weight is 244 g/mol. The molecule has 0 amide bonds. The second-order valence-corrected chi connectivity index (χ2v) is 6.35. The molecular formula is C10H16N2O3S. The summed E-state index contributed by atoms with van der Waals surface area (Å²) in [6, 6.07) is 1.23. The lowest BCUT2D eigenvalue weighted by molar-refractivity contribution is 0.490. The van der Waals surface area contributed by atoms with Crippen LogP contribution in [0.5, 0.6) is 0 Å². The lowest BCUT2D eigenvalue weighted by Gasteiger charge is -2.20. The van der Waals surface area contributed by atoms with Crippen molar-refractivity contribution in [2.75, 3.05) is 0 Å². The van der Waals surface area contributed by atoms with Crippen molar-refractivity contribution in [1.29, 1.82) is 0 Å². The van der Waals surface area contributed by atoms with Crippen molar-refractivity contribution < 1.29 is 8.42 Å². The van der Waals surface area contributed by atoms with Crippen LogP contribution in [0.2, 0.25) is 0 Å². The van der Waals surface area contributed by atoms with Gasteiger partial charge in [-0.25, -0.2) is 13.1 Å². The van der Waals surface area contributed by atoms with Crippen LogP contribution in [0.1, 0.15) is 20.8 Å². The van der Waals surface area contributed by atoms with Gasteiger partial charge in [0.25, 0.3) is 0 Å². The Balaban J connectivity index is 3.28. The SMILES string of the molecule is Cn1ccc(=O)c(S(=O)(=O)NC(C)(C)C)c1. The molecule has 0 aromatic carbocycles. The summed E-state index contributed by atoms with van der Waals surface area (Å²) in [6.45, 7) is 5.16. The molecule has 0 unspecified atom stereocenters. The Bertz CT molecular complexity index is 538. The summed E-state index contributed by atoms with van der Waals surface area (Å²) in [6.07, 6.45) is 2.81. The molecule has 0 bridgehead atoms. The third kappa shape index (κ3) is 3.18. The second kappa shape index (κ2) is 4.03. The van der Waals surface area contributed by atoms with Gasteiger partial charge in [0.2, 0.25) is 15.5 Å². The summed E-state index contributed by atoms with van der Waals surface area (Å²) < 4.78 is 27.8. The highest BCUT2D eigenvalue weighted by Crippen LogP contribution is 2.08. The Morgan fingerprint density at radius 1 is 1.31 bits per heavy atom. The van der Waals surface area contributed by atoms with Crippen LogP contribution in [0.3, 0.4) is 0 Å². The minimum absolute atomic E-state index is 0.229. The van der Waals surface area contributed by atoms with Crippen LogP contribution in [0, 0.1) is 0 Å². The highest BCUT2D eigenvalue weighted by atomic mass is 32.2. The van der Waals surface area contributed by atoms with Gasteiger partial charge in [0.15, 0.2) is 0 Å². The smallest absolute Gasteiger partial charge is 0.246 e. The maximum atomic E-state index is 11.9. The summed E-state index contributed by atoms with van der Waals surface area (Å²) in [4.78, 5) is 11.2.